The second-order valence-corrected chi connectivity index (χ2v) is 4.12. The zero-order valence-corrected chi connectivity index (χ0v) is 8.52. The number of hydrogen-bond donors (Lipinski definition) is 1. The van der Waals surface area contributed by atoms with Crippen LogP contribution in [0.25, 0.3) is 0 Å². The fourth-order valence-corrected chi connectivity index (χ4v) is 1.24. The van der Waals surface area contributed by atoms with E-state index in [1.165, 1.54) is 0 Å². The van der Waals surface area contributed by atoms with E-state index in [1.807, 2.05) is 13.0 Å². The van der Waals surface area contributed by atoms with Gasteiger partial charge < -0.3 is 5.73 Å². The van der Waals surface area contributed by atoms with Gasteiger partial charge in [0.15, 0.2) is 0 Å². The molecule has 0 aromatic carbocycles. The monoisotopic (exact) mass is 165 g/mol. The molecule has 0 heterocycles. The van der Waals surface area contributed by atoms with Gasteiger partial charge in [-0.2, -0.15) is 0 Å². The summed E-state index contributed by atoms with van der Waals surface area (Å²) in [6.07, 6.45) is 7.95. The van der Waals surface area contributed by atoms with Crippen LogP contribution in [0.3, 0.4) is 0 Å². The molecule has 0 rings (SSSR count). The zero-order valence-electron chi connectivity index (χ0n) is 8.52. The van der Waals surface area contributed by atoms with E-state index in [9.17, 15) is 0 Å². The van der Waals surface area contributed by atoms with Gasteiger partial charge in [-0.3, -0.25) is 0 Å². The first-order valence-corrected chi connectivity index (χ1v) is 4.28. The molecule has 1 unspecified atom stereocenters. The topological polar surface area (TPSA) is 26.0 Å². The molecule has 0 radical (unpaired) electrons. The first kappa shape index (κ1) is 11.1. The maximum absolute atomic E-state index is 5.85. The summed E-state index contributed by atoms with van der Waals surface area (Å²) in [7, 11) is 0. The van der Waals surface area contributed by atoms with E-state index in [-0.39, 0.29) is 5.41 Å². The van der Waals surface area contributed by atoms with Crippen molar-refractivity contribution in [3.05, 3.63) is 11.8 Å². The largest absolute Gasteiger partial charge is 0.402 e. The molecule has 0 amide bonds. The van der Waals surface area contributed by atoms with Crippen LogP contribution in [0.15, 0.2) is 11.8 Å². The van der Waals surface area contributed by atoms with Gasteiger partial charge in [0.25, 0.3) is 0 Å². The van der Waals surface area contributed by atoms with Crippen LogP contribution in [0.1, 0.15) is 34.1 Å². The van der Waals surface area contributed by atoms with Crippen LogP contribution < -0.4 is 5.73 Å². The van der Waals surface area contributed by atoms with Crippen molar-refractivity contribution in [2.75, 3.05) is 0 Å². The van der Waals surface area contributed by atoms with Gasteiger partial charge in [0, 0.05) is 18.0 Å². The molecule has 0 aliphatic carbocycles. The molecule has 1 nitrogen and oxygen atoms in total. The van der Waals surface area contributed by atoms with E-state index in [2.05, 4.69) is 26.7 Å². The summed E-state index contributed by atoms with van der Waals surface area (Å²) in [6, 6.07) is 0. The van der Waals surface area contributed by atoms with E-state index in [4.69, 9.17) is 12.2 Å². The molecule has 0 aliphatic rings. The third-order valence-corrected chi connectivity index (χ3v) is 2.10. The van der Waals surface area contributed by atoms with Gasteiger partial charge in [0.2, 0.25) is 0 Å². The molecular formula is C11H19N. The predicted molar refractivity (Wildman–Crippen MR) is 54.3 cm³/mol. The Morgan fingerprint density at radius 3 is 2.33 bits per heavy atom. The average Bonchev–Trinajstić information content (AvgIpc) is 1.96. The number of terminal acetylenes is 1. The molecule has 68 valence electrons. The Kier molecular flexibility index (Phi) is 3.89. The lowest BCUT2D eigenvalue weighted by molar-refractivity contribution is 0.281. The highest BCUT2D eigenvalue weighted by molar-refractivity contribution is 5.08. The van der Waals surface area contributed by atoms with Gasteiger partial charge >= 0.3 is 0 Å². The van der Waals surface area contributed by atoms with Gasteiger partial charge in [-0.15, -0.1) is 12.3 Å². The number of rotatable bonds is 2. The van der Waals surface area contributed by atoms with Crippen LogP contribution >= 0.6 is 0 Å². The van der Waals surface area contributed by atoms with Gasteiger partial charge in [-0.1, -0.05) is 26.8 Å². The smallest absolute Gasteiger partial charge is 0.0174 e. The Morgan fingerprint density at radius 2 is 2.08 bits per heavy atom. The Bertz CT molecular complexity index is 200. The van der Waals surface area contributed by atoms with Crippen LogP contribution in [0.2, 0.25) is 0 Å². The summed E-state index contributed by atoms with van der Waals surface area (Å²) in [5.41, 5.74) is 6.91. The fourth-order valence-electron chi connectivity index (χ4n) is 1.24. The first-order valence-electron chi connectivity index (χ1n) is 4.28. The van der Waals surface area contributed by atoms with E-state index < -0.39 is 0 Å². The molecule has 2 N–H and O–H groups in total. The van der Waals surface area contributed by atoms with Crippen molar-refractivity contribution in [2.45, 2.75) is 34.1 Å². The lowest BCUT2D eigenvalue weighted by atomic mass is 9.77. The van der Waals surface area contributed by atoms with E-state index in [1.54, 1.807) is 0 Å². The van der Waals surface area contributed by atoms with Crippen molar-refractivity contribution in [1.82, 2.24) is 0 Å². The minimum atomic E-state index is 0.156. The second-order valence-electron chi connectivity index (χ2n) is 4.12. The van der Waals surface area contributed by atoms with Crippen LogP contribution in [-0.4, -0.2) is 0 Å². The molecule has 0 bridgehead atoms. The first-order chi connectivity index (χ1) is 5.43. The van der Waals surface area contributed by atoms with Crippen molar-refractivity contribution in [3.63, 3.8) is 0 Å². The lowest BCUT2D eigenvalue weighted by Gasteiger charge is -2.29. The summed E-state index contributed by atoms with van der Waals surface area (Å²) >= 11 is 0. The summed E-state index contributed by atoms with van der Waals surface area (Å²) in [4.78, 5) is 0. The molecule has 1 atom stereocenters. The van der Waals surface area contributed by atoms with E-state index in [0.29, 0.717) is 5.92 Å². The molecule has 0 spiro atoms. The van der Waals surface area contributed by atoms with Crippen molar-refractivity contribution in [3.8, 4) is 12.3 Å². The summed E-state index contributed by atoms with van der Waals surface area (Å²) in [5.74, 6) is 2.97. The van der Waals surface area contributed by atoms with Crippen LogP contribution in [0.5, 0.6) is 0 Å². The highest BCUT2D eigenvalue weighted by atomic mass is 14.6. The highest BCUT2D eigenvalue weighted by Gasteiger charge is 2.25. The van der Waals surface area contributed by atoms with Crippen molar-refractivity contribution < 1.29 is 0 Å². The molecule has 0 saturated heterocycles. The molecular weight excluding hydrogens is 146 g/mol. The maximum Gasteiger partial charge on any atom is 0.0174 e. The fraction of sp³-hybridized carbons (Fsp3) is 0.636. The van der Waals surface area contributed by atoms with Gasteiger partial charge in [-0.05, 0) is 12.3 Å². The molecule has 0 aliphatic heterocycles. The Labute approximate surface area is 76.0 Å². The third-order valence-electron chi connectivity index (χ3n) is 2.10. The zero-order chi connectivity index (χ0) is 9.78. The maximum atomic E-state index is 5.85. The predicted octanol–water partition coefficient (Wildman–Crippen LogP) is 2.53. The average molecular weight is 165 g/mol. The Hall–Kier alpha value is -0.900. The molecule has 12 heavy (non-hydrogen) atoms. The summed E-state index contributed by atoms with van der Waals surface area (Å²) in [6.45, 7) is 8.42. The standard InChI is InChI=1S/C11H19N/c1-6-8-9(10(12)7-2)11(3,4)5/h1,7,9H,8,12H2,2-5H3/b10-7+. The van der Waals surface area contributed by atoms with E-state index in [0.717, 1.165) is 12.1 Å². The molecule has 0 saturated carbocycles. The normalized spacial score (nSPS) is 15.4. The minimum absolute atomic E-state index is 0.156. The third kappa shape index (κ3) is 3.00. The molecule has 0 fully saturated rings. The molecule has 0 aromatic heterocycles. The molecule has 1 heteroatoms. The second kappa shape index (κ2) is 4.21. The van der Waals surface area contributed by atoms with Crippen LogP contribution in [-0.2, 0) is 0 Å². The molecule has 0 aromatic rings. The quantitative estimate of drug-likeness (QED) is 0.625. The van der Waals surface area contributed by atoms with Crippen molar-refractivity contribution in [1.29, 1.82) is 0 Å². The van der Waals surface area contributed by atoms with Gasteiger partial charge in [0.1, 0.15) is 0 Å². The number of hydrogen-bond acceptors (Lipinski definition) is 1. The lowest BCUT2D eigenvalue weighted by Crippen LogP contribution is -2.25. The van der Waals surface area contributed by atoms with Crippen molar-refractivity contribution in [2.24, 2.45) is 17.1 Å². The van der Waals surface area contributed by atoms with Gasteiger partial charge in [-0.25, -0.2) is 0 Å². The Balaban J connectivity index is 4.58. The van der Waals surface area contributed by atoms with Crippen LogP contribution in [0, 0.1) is 23.7 Å². The van der Waals surface area contributed by atoms with E-state index >= 15 is 0 Å². The summed E-state index contributed by atoms with van der Waals surface area (Å²) < 4.78 is 0. The minimum Gasteiger partial charge on any atom is -0.402 e. The highest BCUT2D eigenvalue weighted by Crippen LogP contribution is 2.32. The Morgan fingerprint density at radius 1 is 1.58 bits per heavy atom. The SMILES string of the molecule is C#CCC(/C(N)=C\C)C(C)(C)C. The van der Waals surface area contributed by atoms with Gasteiger partial charge in [0.05, 0.1) is 0 Å². The summed E-state index contributed by atoms with van der Waals surface area (Å²) in [5, 5.41) is 0. The van der Waals surface area contributed by atoms with Crippen molar-refractivity contribution >= 4 is 0 Å². The number of nitrogens with two attached hydrogens (primary N) is 1. The van der Waals surface area contributed by atoms with Crippen LogP contribution in [0.4, 0.5) is 0 Å². The number of allylic oxidation sites excluding steroid dienone is 2.